The zero-order chi connectivity index (χ0) is 13.0. The standard InChI is InChI=1S/C14H12N2O2/c1-10-3-5-12(13(7-10)17-2)18-14-6-4-11(8-15)9-16-14/h3-7,9H,1-2H3. The van der Waals surface area contributed by atoms with Crippen LogP contribution in [0.2, 0.25) is 0 Å². The van der Waals surface area contributed by atoms with Gasteiger partial charge in [0.05, 0.1) is 12.7 Å². The lowest BCUT2D eigenvalue weighted by molar-refractivity contribution is 0.374. The highest BCUT2D eigenvalue weighted by atomic mass is 16.5. The normalized spacial score (nSPS) is 9.61. The van der Waals surface area contributed by atoms with Crippen molar-refractivity contribution in [1.82, 2.24) is 4.98 Å². The monoisotopic (exact) mass is 240 g/mol. The van der Waals surface area contributed by atoms with Gasteiger partial charge in [-0.2, -0.15) is 5.26 Å². The van der Waals surface area contributed by atoms with E-state index in [2.05, 4.69) is 4.98 Å². The van der Waals surface area contributed by atoms with Crippen LogP contribution in [0.1, 0.15) is 11.1 Å². The van der Waals surface area contributed by atoms with E-state index in [1.165, 1.54) is 6.20 Å². The average Bonchev–Trinajstić information content (AvgIpc) is 2.41. The molecule has 1 heterocycles. The second-order valence-corrected chi connectivity index (χ2v) is 3.75. The first-order valence-corrected chi connectivity index (χ1v) is 5.41. The first-order chi connectivity index (χ1) is 8.72. The van der Waals surface area contributed by atoms with E-state index in [9.17, 15) is 0 Å². The van der Waals surface area contributed by atoms with Crippen LogP contribution in [0, 0.1) is 18.3 Å². The molecule has 0 radical (unpaired) electrons. The third-order valence-corrected chi connectivity index (χ3v) is 2.40. The number of hydrogen-bond donors (Lipinski definition) is 0. The summed E-state index contributed by atoms with van der Waals surface area (Å²) >= 11 is 0. The molecule has 2 rings (SSSR count). The molecule has 1 aromatic heterocycles. The van der Waals surface area contributed by atoms with E-state index >= 15 is 0 Å². The summed E-state index contributed by atoms with van der Waals surface area (Å²) in [5.41, 5.74) is 1.59. The summed E-state index contributed by atoms with van der Waals surface area (Å²) in [6.45, 7) is 1.98. The molecule has 0 aliphatic carbocycles. The van der Waals surface area contributed by atoms with Gasteiger partial charge in [-0.3, -0.25) is 0 Å². The highest BCUT2D eigenvalue weighted by molar-refractivity contribution is 5.44. The summed E-state index contributed by atoms with van der Waals surface area (Å²) in [5, 5.41) is 8.68. The van der Waals surface area contributed by atoms with Gasteiger partial charge in [-0.25, -0.2) is 4.98 Å². The first-order valence-electron chi connectivity index (χ1n) is 5.41. The van der Waals surface area contributed by atoms with Crippen molar-refractivity contribution in [2.24, 2.45) is 0 Å². The number of hydrogen-bond acceptors (Lipinski definition) is 4. The minimum atomic E-state index is 0.427. The van der Waals surface area contributed by atoms with Crippen molar-refractivity contribution in [2.45, 2.75) is 6.92 Å². The van der Waals surface area contributed by atoms with Crippen molar-refractivity contribution < 1.29 is 9.47 Å². The highest BCUT2D eigenvalue weighted by Gasteiger charge is 2.06. The van der Waals surface area contributed by atoms with Gasteiger partial charge in [-0.15, -0.1) is 0 Å². The summed E-state index contributed by atoms with van der Waals surface area (Å²) in [5.74, 6) is 1.68. The van der Waals surface area contributed by atoms with Crippen LogP contribution in [0.5, 0.6) is 17.4 Å². The van der Waals surface area contributed by atoms with Gasteiger partial charge < -0.3 is 9.47 Å². The molecule has 0 N–H and O–H groups in total. The Morgan fingerprint density at radius 3 is 2.61 bits per heavy atom. The molecule has 0 amide bonds. The van der Waals surface area contributed by atoms with E-state index in [1.54, 1.807) is 19.2 Å². The van der Waals surface area contributed by atoms with Crippen molar-refractivity contribution in [3.8, 4) is 23.4 Å². The van der Waals surface area contributed by atoms with Gasteiger partial charge in [0.25, 0.3) is 0 Å². The zero-order valence-corrected chi connectivity index (χ0v) is 10.2. The number of ether oxygens (including phenoxy) is 2. The maximum Gasteiger partial charge on any atom is 0.219 e. The van der Waals surface area contributed by atoms with Gasteiger partial charge in [0, 0.05) is 12.3 Å². The lowest BCUT2D eigenvalue weighted by atomic mass is 10.2. The molecule has 0 aliphatic rings. The van der Waals surface area contributed by atoms with Gasteiger partial charge in [0.2, 0.25) is 5.88 Å². The Bertz CT molecular complexity index is 586. The third kappa shape index (κ3) is 2.58. The minimum Gasteiger partial charge on any atom is -0.493 e. The predicted molar refractivity (Wildman–Crippen MR) is 66.8 cm³/mol. The molecule has 4 nitrogen and oxygen atoms in total. The maximum absolute atomic E-state index is 8.68. The summed E-state index contributed by atoms with van der Waals surface area (Å²) in [4.78, 5) is 4.04. The number of aryl methyl sites for hydroxylation is 1. The number of nitrogens with zero attached hydrogens (tertiary/aromatic N) is 2. The SMILES string of the molecule is COc1cc(C)ccc1Oc1ccc(C#N)cn1. The van der Waals surface area contributed by atoms with Crippen molar-refractivity contribution in [2.75, 3.05) is 7.11 Å². The minimum absolute atomic E-state index is 0.427. The third-order valence-electron chi connectivity index (χ3n) is 2.40. The lowest BCUT2D eigenvalue weighted by Gasteiger charge is -2.10. The second kappa shape index (κ2) is 5.19. The average molecular weight is 240 g/mol. The Hall–Kier alpha value is -2.54. The molecule has 0 fully saturated rings. The molecular weight excluding hydrogens is 228 g/mol. The van der Waals surface area contributed by atoms with E-state index in [4.69, 9.17) is 14.7 Å². The second-order valence-electron chi connectivity index (χ2n) is 3.75. The molecule has 4 heteroatoms. The van der Waals surface area contributed by atoms with Gasteiger partial charge in [0.15, 0.2) is 11.5 Å². The Morgan fingerprint density at radius 1 is 1.17 bits per heavy atom. The van der Waals surface area contributed by atoms with Crippen LogP contribution in [0.25, 0.3) is 0 Å². The number of rotatable bonds is 3. The Balaban J connectivity index is 2.25. The molecule has 18 heavy (non-hydrogen) atoms. The Labute approximate surface area is 105 Å². The van der Waals surface area contributed by atoms with Crippen LogP contribution in [0.15, 0.2) is 36.5 Å². The van der Waals surface area contributed by atoms with Gasteiger partial charge in [-0.05, 0) is 30.7 Å². The van der Waals surface area contributed by atoms with Crippen molar-refractivity contribution in [3.63, 3.8) is 0 Å². The smallest absolute Gasteiger partial charge is 0.219 e. The number of benzene rings is 1. The van der Waals surface area contributed by atoms with Gasteiger partial charge >= 0.3 is 0 Å². The molecule has 0 unspecified atom stereocenters. The van der Waals surface area contributed by atoms with E-state index in [0.29, 0.717) is 22.9 Å². The molecule has 0 aliphatic heterocycles. The lowest BCUT2D eigenvalue weighted by Crippen LogP contribution is -1.92. The molecule has 0 bridgehead atoms. The Morgan fingerprint density at radius 2 is 2.00 bits per heavy atom. The number of aromatic nitrogens is 1. The summed E-state index contributed by atoms with van der Waals surface area (Å²) in [6, 6.07) is 11.0. The van der Waals surface area contributed by atoms with Gasteiger partial charge in [0.1, 0.15) is 6.07 Å². The van der Waals surface area contributed by atoms with Crippen LogP contribution in [0.3, 0.4) is 0 Å². The molecule has 0 spiro atoms. The van der Waals surface area contributed by atoms with E-state index in [0.717, 1.165) is 5.56 Å². The van der Waals surface area contributed by atoms with E-state index in [1.807, 2.05) is 31.2 Å². The van der Waals surface area contributed by atoms with E-state index < -0.39 is 0 Å². The first kappa shape index (κ1) is 11.9. The van der Waals surface area contributed by atoms with Gasteiger partial charge in [-0.1, -0.05) is 6.07 Å². The molecule has 90 valence electrons. The van der Waals surface area contributed by atoms with Crippen LogP contribution in [0.4, 0.5) is 0 Å². The topological polar surface area (TPSA) is 55.1 Å². The fourth-order valence-electron chi connectivity index (χ4n) is 1.48. The van der Waals surface area contributed by atoms with Crippen molar-refractivity contribution >= 4 is 0 Å². The highest BCUT2D eigenvalue weighted by Crippen LogP contribution is 2.31. The molecule has 0 atom stereocenters. The van der Waals surface area contributed by atoms with Crippen molar-refractivity contribution in [3.05, 3.63) is 47.7 Å². The summed E-state index contributed by atoms with van der Waals surface area (Å²) in [6.07, 6.45) is 1.47. The van der Waals surface area contributed by atoms with Crippen LogP contribution in [-0.2, 0) is 0 Å². The fourth-order valence-corrected chi connectivity index (χ4v) is 1.48. The molecular formula is C14H12N2O2. The largest absolute Gasteiger partial charge is 0.493 e. The fraction of sp³-hybridized carbons (Fsp3) is 0.143. The number of pyridine rings is 1. The van der Waals surface area contributed by atoms with Crippen molar-refractivity contribution in [1.29, 1.82) is 5.26 Å². The van der Waals surface area contributed by atoms with Crippen LogP contribution >= 0.6 is 0 Å². The quantitative estimate of drug-likeness (QED) is 0.827. The van der Waals surface area contributed by atoms with Crippen LogP contribution in [-0.4, -0.2) is 12.1 Å². The summed E-state index contributed by atoms with van der Waals surface area (Å²) < 4.78 is 10.8. The predicted octanol–water partition coefficient (Wildman–Crippen LogP) is 3.06. The zero-order valence-electron chi connectivity index (χ0n) is 10.2. The summed E-state index contributed by atoms with van der Waals surface area (Å²) in [7, 11) is 1.59. The molecule has 0 saturated carbocycles. The van der Waals surface area contributed by atoms with Crippen LogP contribution < -0.4 is 9.47 Å². The number of methoxy groups -OCH3 is 1. The van der Waals surface area contributed by atoms with E-state index in [-0.39, 0.29) is 0 Å². The molecule has 2 aromatic rings. The maximum atomic E-state index is 8.68. The Kier molecular flexibility index (Phi) is 3.44. The molecule has 1 aromatic carbocycles. The number of nitriles is 1. The molecule has 0 saturated heterocycles.